The first-order valence-corrected chi connectivity index (χ1v) is 6.52. The smallest absolute Gasteiger partial charge is 0.153 e. The van der Waals surface area contributed by atoms with Crippen molar-refractivity contribution in [1.82, 2.24) is 14.5 Å². The summed E-state index contributed by atoms with van der Waals surface area (Å²) < 4.78 is 1.90. The third-order valence-corrected chi connectivity index (χ3v) is 4.07. The van der Waals surface area contributed by atoms with Gasteiger partial charge in [-0.25, -0.2) is 9.97 Å². The van der Waals surface area contributed by atoms with Gasteiger partial charge in [0, 0.05) is 19.4 Å². The van der Waals surface area contributed by atoms with E-state index in [1.165, 1.54) is 0 Å². The van der Waals surface area contributed by atoms with Crippen LogP contribution in [0.3, 0.4) is 0 Å². The molecule has 0 aromatic carbocycles. The standard InChI is InChI=1S/C12H12N4OS/c1-8-4-16(6-14-8)12-11-10(15(2)7-18-11)9(5-17)3-13-12/h3-6H,7H2,1-2H3. The highest BCUT2D eigenvalue weighted by Gasteiger charge is 2.25. The number of hydrogen-bond acceptors (Lipinski definition) is 5. The van der Waals surface area contributed by atoms with Crippen LogP contribution >= 0.6 is 11.8 Å². The van der Waals surface area contributed by atoms with Crippen molar-refractivity contribution in [3.63, 3.8) is 0 Å². The summed E-state index contributed by atoms with van der Waals surface area (Å²) in [5.41, 5.74) is 2.55. The number of thioether (sulfide) groups is 1. The van der Waals surface area contributed by atoms with Crippen LogP contribution in [0.1, 0.15) is 16.1 Å². The molecule has 0 bridgehead atoms. The van der Waals surface area contributed by atoms with Crippen LogP contribution in [0, 0.1) is 6.92 Å². The Labute approximate surface area is 109 Å². The lowest BCUT2D eigenvalue weighted by atomic mass is 10.2. The molecule has 0 unspecified atom stereocenters. The van der Waals surface area contributed by atoms with Gasteiger partial charge in [0.1, 0.15) is 6.33 Å². The fourth-order valence-corrected chi connectivity index (χ4v) is 3.20. The van der Waals surface area contributed by atoms with Crippen molar-refractivity contribution in [1.29, 1.82) is 0 Å². The number of aldehydes is 1. The number of rotatable bonds is 2. The van der Waals surface area contributed by atoms with Crippen molar-refractivity contribution in [3.8, 4) is 5.82 Å². The van der Waals surface area contributed by atoms with Crippen LogP contribution in [0.2, 0.25) is 0 Å². The summed E-state index contributed by atoms with van der Waals surface area (Å²) in [4.78, 5) is 22.8. The van der Waals surface area contributed by atoms with Crippen molar-refractivity contribution in [2.75, 3.05) is 17.8 Å². The number of hydrogen-bond donors (Lipinski definition) is 0. The topological polar surface area (TPSA) is 51.0 Å². The van der Waals surface area contributed by atoms with Gasteiger partial charge in [-0.05, 0) is 6.92 Å². The first kappa shape index (κ1) is 11.3. The zero-order valence-corrected chi connectivity index (χ0v) is 10.9. The van der Waals surface area contributed by atoms with E-state index >= 15 is 0 Å². The fourth-order valence-electron chi connectivity index (χ4n) is 2.05. The van der Waals surface area contributed by atoms with Crippen LogP contribution in [0.4, 0.5) is 5.69 Å². The Balaban J connectivity index is 2.21. The first-order valence-electron chi connectivity index (χ1n) is 5.54. The quantitative estimate of drug-likeness (QED) is 0.772. The zero-order valence-electron chi connectivity index (χ0n) is 10.1. The van der Waals surface area contributed by atoms with Crippen molar-refractivity contribution in [3.05, 3.63) is 30.0 Å². The van der Waals surface area contributed by atoms with E-state index in [1.807, 2.05) is 24.7 Å². The molecule has 2 aromatic rings. The number of imidazole rings is 1. The lowest BCUT2D eigenvalue weighted by Crippen LogP contribution is -2.13. The minimum absolute atomic E-state index is 0.637. The lowest BCUT2D eigenvalue weighted by molar-refractivity contribution is 0.112. The monoisotopic (exact) mass is 260 g/mol. The van der Waals surface area contributed by atoms with Gasteiger partial charge < -0.3 is 4.90 Å². The van der Waals surface area contributed by atoms with E-state index in [-0.39, 0.29) is 0 Å². The van der Waals surface area contributed by atoms with Crippen molar-refractivity contribution >= 4 is 23.7 Å². The van der Waals surface area contributed by atoms with Crippen LogP contribution in [-0.4, -0.2) is 33.7 Å². The Bertz CT molecular complexity index is 623. The minimum atomic E-state index is 0.637. The number of aryl methyl sites for hydroxylation is 1. The van der Waals surface area contributed by atoms with E-state index in [0.717, 1.165) is 34.3 Å². The molecule has 18 heavy (non-hydrogen) atoms. The summed E-state index contributed by atoms with van der Waals surface area (Å²) in [5.74, 6) is 1.67. The van der Waals surface area contributed by atoms with Gasteiger partial charge in [0.05, 0.1) is 27.7 Å². The number of anilines is 1. The van der Waals surface area contributed by atoms with Gasteiger partial charge in [0.25, 0.3) is 0 Å². The number of fused-ring (bicyclic) bond motifs is 1. The number of nitrogens with zero attached hydrogens (tertiary/aromatic N) is 4. The maximum Gasteiger partial charge on any atom is 0.153 e. The Morgan fingerprint density at radius 2 is 2.28 bits per heavy atom. The summed E-state index contributed by atoms with van der Waals surface area (Å²) in [6, 6.07) is 0. The molecule has 0 saturated carbocycles. The molecule has 0 N–H and O–H groups in total. The second kappa shape index (κ2) is 4.13. The summed E-state index contributed by atoms with van der Waals surface area (Å²) in [6.07, 6.45) is 6.16. The molecule has 1 aliphatic heterocycles. The molecule has 3 rings (SSSR count). The predicted octanol–water partition coefficient (Wildman–Crippen LogP) is 1.89. The zero-order chi connectivity index (χ0) is 12.7. The maximum absolute atomic E-state index is 11.1. The highest BCUT2D eigenvalue weighted by Crippen LogP contribution is 2.42. The van der Waals surface area contributed by atoms with Crippen molar-refractivity contribution in [2.24, 2.45) is 0 Å². The Hall–Kier alpha value is -1.82. The van der Waals surface area contributed by atoms with Gasteiger partial charge in [-0.3, -0.25) is 9.36 Å². The van der Waals surface area contributed by atoms with E-state index in [2.05, 4.69) is 14.9 Å². The molecule has 5 nitrogen and oxygen atoms in total. The predicted molar refractivity (Wildman–Crippen MR) is 70.6 cm³/mol. The Kier molecular flexibility index (Phi) is 2.59. The fraction of sp³-hybridized carbons (Fsp3) is 0.250. The van der Waals surface area contributed by atoms with E-state index in [1.54, 1.807) is 24.3 Å². The number of aromatic nitrogens is 3. The van der Waals surface area contributed by atoms with Gasteiger partial charge in [0.15, 0.2) is 12.1 Å². The van der Waals surface area contributed by atoms with Crippen LogP contribution < -0.4 is 4.90 Å². The summed E-state index contributed by atoms with van der Waals surface area (Å²) in [5, 5.41) is 0. The molecule has 2 aromatic heterocycles. The molecule has 3 heterocycles. The van der Waals surface area contributed by atoms with E-state index in [4.69, 9.17) is 0 Å². The SMILES string of the molecule is Cc1cn(-c2ncc(C=O)c3c2SCN3C)cn1. The number of carbonyl (C=O) groups excluding carboxylic acids is 1. The molecule has 0 fully saturated rings. The van der Waals surface area contributed by atoms with Crippen molar-refractivity contribution < 1.29 is 4.79 Å². The van der Waals surface area contributed by atoms with E-state index in [0.29, 0.717) is 5.56 Å². The molecule has 6 heteroatoms. The summed E-state index contributed by atoms with van der Waals surface area (Å²) >= 11 is 1.69. The van der Waals surface area contributed by atoms with Gasteiger partial charge in [-0.15, -0.1) is 0 Å². The Morgan fingerprint density at radius 3 is 2.94 bits per heavy atom. The molecular formula is C12H12N4OS. The second-order valence-electron chi connectivity index (χ2n) is 4.23. The van der Waals surface area contributed by atoms with Gasteiger partial charge >= 0.3 is 0 Å². The van der Waals surface area contributed by atoms with Gasteiger partial charge in [-0.2, -0.15) is 0 Å². The third kappa shape index (κ3) is 1.60. The molecule has 1 aliphatic rings. The number of carbonyl (C=O) groups is 1. The average molecular weight is 260 g/mol. The molecule has 0 radical (unpaired) electrons. The Morgan fingerprint density at radius 1 is 1.44 bits per heavy atom. The molecule has 0 atom stereocenters. The summed E-state index contributed by atoms with van der Waals surface area (Å²) in [7, 11) is 1.98. The van der Waals surface area contributed by atoms with Crippen LogP contribution in [-0.2, 0) is 0 Å². The molecule has 0 amide bonds. The number of pyridine rings is 1. The first-order chi connectivity index (χ1) is 8.70. The molecule has 0 spiro atoms. The largest absolute Gasteiger partial charge is 0.363 e. The highest BCUT2D eigenvalue weighted by atomic mass is 32.2. The van der Waals surface area contributed by atoms with Gasteiger partial charge in [-0.1, -0.05) is 11.8 Å². The average Bonchev–Trinajstić information content (AvgIpc) is 2.96. The maximum atomic E-state index is 11.1. The van der Waals surface area contributed by atoms with Gasteiger partial charge in [0.2, 0.25) is 0 Å². The van der Waals surface area contributed by atoms with Crippen molar-refractivity contribution in [2.45, 2.75) is 11.8 Å². The second-order valence-corrected chi connectivity index (χ2v) is 5.18. The molecule has 0 aliphatic carbocycles. The van der Waals surface area contributed by atoms with E-state index in [9.17, 15) is 4.79 Å². The molecule has 0 saturated heterocycles. The molecule has 92 valence electrons. The molecular weight excluding hydrogens is 248 g/mol. The van der Waals surface area contributed by atoms with Crippen LogP contribution in [0.5, 0.6) is 0 Å². The summed E-state index contributed by atoms with van der Waals surface area (Å²) in [6.45, 7) is 1.94. The lowest BCUT2D eigenvalue weighted by Gasteiger charge is -2.14. The third-order valence-electron chi connectivity index (χ3n) is 2.89. The van der Waals surface area contributed by atoms with E-state index < -0.39 is 0 Å². The highest BCUT2D eigenvalue weighted by molar-refractivity contribution is 8.00. The normalized spacial score (nSPS) is 13.8. The minimum Gasteiger partial charge on any atom is -0.363 e. The van der Waals surface area contributed by atoms with Crippen LogP contribution in [0.15, 0.2) is 23.6 Å². The van der Waals surface area contributed by atoms with Crippen LogP contribution in [0.25, 0.3) is 5.82 Å².